The second-order valence-corrected chi connectivity index (χ2v) is 4.42. The Bertz CT molecular complexity index is 625. The van der Waals surface area contributed by atoms with E-state index in [0.29, 0.717) is 18.5 Å². The summed E-state index contributed by atoms with van der Waals surface area (Å²) in [7, 11) is 0. The number of halogens is 3. The van der Waals surface area contributed by atoms with Crippen LogP contribution in [0.1, 0.15) is 12.0 Å². The molecule has 0 spiro atoms. The predicted octanol–water partition coefficient (Wildman–Crippen LogP) is 3.48. The van der Waals surface area contributed by atoms with E-state index in [1.807, 2.05) is 22.9 Å². The van der Waals surface area contributed by atoms with E-state index in [1.165, 1.54) is 0 Å². The maximum absolute atomic E-state index is 11.9. The van der Waals surface area contributed by atoms with Crippen molar-refractivity contribution in [2.24, 2.45) is 0 Å². The summed E-state index contributed by atoms with van der Waals surface area (Å²) < 4.78 is 42.1. The van der Waals surface area contributed by atoms with Gasteiger partial charge in [-0.2, -0.15) is 18.4 Å². The molecule has 0 unspecified atom stereocenters. The minimum atomic E-state index is -4.27. The Balaban J connectivity index is 1.89. The molecule has 0 aliphatic rings. The van der Waals surface area contributed by atoms with Gasteiger partial charge in [-0.25, -0.2) is 0 Å². The van der Waals surface area contributed by atoms with E-state index in [1.54, 1.807) is 12.1 Å². The van der Waals surface area contributed by atoms with Gasteiger partial charge >= 0.3 is 6.18 Å². The first-order valence-corrected chi connectivity index (χ1v) is 6.13. The quantitative estimate of drug-likeness (QED) is 0.787. The van der Waals surface area contributed by atoms with Gasteiger partial charge in [-0.1, -0.05) is 0 Å². The van der Waals surface area contributed by atoms with Gasteiger partial charge in [-0.15, -0.1) is 0 Å². The first kappa shape index (κ1) is 14.4. The highest BCUT2D eigenvalue weighted by Crippen LogP contribution is 2.18. The van der Waals surface area contributed by atoms with Crippen molar-refractivity contribution in [2.75, 3.05) is 13.2 Å². The Morgan fingerprint density at radius 1 is 1.25 bits per heavy atom. The highest BCUT2D eigenvalue weighted by Gasteiger charge is 2.27. The molecule has 20 heavy (non-hydrogen) atoms. The molecule has 0 bridgehead atoms. The molecule has 0 fully saturated rings. The maximum atomic E-state index is 11.9. The number of hydrogen-bond donors (Lipinski definition) is 0. The van der Waals surface area contributed by atoms with E-state index < -0.39 is 12.8 Å². The standard InChI is InChI=1S/C14H13F3N2O/c15-14(16,17)10-20-7-1-5-19-6-4-12-8-11(9-18)2-3-13(12)19/h2-4,6,8H,1,5,7,10H2. The van der Waals surface area contributed by atoms with E-state index in [4.69, 9.17) is 5.26 Å². The lowest BCUT2D eigenvalue weighted by atomic mass is 10.2. The lowest BCUT2D eigenvalue weighted by Gasteiger charge is -2.08. The monoisotopic (exact) mass is 282 g/mol. The lowest BCUT2D eigenvalue weighted by molar-refractivity contribution is -0.174. The van der Waals surface area contributed by atoms with Gasteiger partial charge in [0, 0.05) is 30.3 Å². The van der Waals surface area contributed by atoms with Gasteiger partial charge in [0.1, 0.15) is 6.61 Å². The molecule has 2 rings (SSSR count). The number of fused-ring (bicyclic) bond motifs is 1. The van der Waals surface area contributed by atoms with Crippen molar-refractivity contribution in [3.8, 4) is 6.07 Å². The van der Waals surface area contributed by atoms with Crippen molar-refractivity contribution in [2.45, 2.75) is 19.1 Å². The average molecular weight is 282 g/mol. The molecule has 0 amide bonds. The molecular formula is C14H13F3N2O. The lowest BCUT2D eigenvalue weighted by Crippen LogP contribution is -2.17. The molecule has 0 aliphatic heterocycles. The van der Waals surface area contributed by atoms with Gasteiger partial charge < -0.3 is 9.30 Å². The van der Waals surface area contributed by atoms with Crippen molar-refractivity contribution in [1.29, 1.82) is 5.26 Å². The fourth-order valence-electron chi connectivity index (χ4n) is 1.99. The highest BCUT2D eigenvalue weighted by atomic mass is 19.4. The summed E-state index contributed by atoms with van der Waals surface area (Å²) in [5.41, 5.74) is 1.54. The molecule has 0 radical (unpaired) electrons. The van der Waals surface area contributed by atoms with Crippen molar-refractivity contribution in [1.82, 2.24) is 4.57 Å². The molecule has 0 saturated carbocycles. The SMILES string of the molecule is N#Cc1ccc2c(ccn2CCCOCC(F)(F)F)c1. The zero-order chi connectivity index (χ0) is 14.6. The summed E-state index contributed by atoms with van der Waals surface area (Å²) in [5.74, 6) is 0. The molecule has 6 heteroatoms. The summed E-state index contributed by atoms with van der Waals surface area (Å²) in [6, 6.07) is 9.29. The number of rotatable bonds is 5. The Hall–Kier alpha value is -2.00. The van der Waals surface area contributed by atoms with Crippen LogP contribution in [0.3, 0.4) is 0 Å². The van der Waals surface area contributed by atoms with E-state index in [2.05, 4.69) is 10.8 Å². The molecule has 1 aromatic carbocycles. The van der Waals surface area contributed by atoms with Crippen LogP contribution in [-0.4, -0.2) is 24.0 Å². The number of nitrogens with zero attached hydrogens (tertiary/aromatic N) is 2. The van der Waals surface area contributed by atoms with Crippen molar-refractivity contribution in [3.63, 3.8) is 0 Å². The zero-order valence-corrected chi connectivity index (χ0v) is 10.7. The Morgan fingerprint density at radius 2 is 2.05 bits per heavy atom. The fraction of sp³-hybridized carbons (Fsp3) is 0.357. The van der Waals surface area contributed by atoms with Crippen LogP contribution in [0.25, 0.3) is 10.9 Å². The summed E-state index contributed by atoms with van der Waals surface area (Å²) in [4.78, 5) is 0. The minimum absolute atomic E-state index is 0.0649. The van der Waals surface area contributed by atoms with Crippen LogP contribution in [0.15, 0.2) is 30.5 Å². The van der Waals surface area contributed by atoms with Crippen molar-refractivity contribution >= 4 is 10.9 Å². The molecule has 106 valence electrons. The van der Waals surface area contributed by atoms with E-state index in [0.717, 1.165) is 10.9 Å². The molecule has 2 aromatic rings. The zero-order valence-electron chi connectivity index (χ0n) is 10.7. The van der Waals surface area contributed by atoms with Gasteiger partial charge in [0.2, 0.25) is 0 Å². The number of ether oxygens (including phenoxy) is 1. The van der Waals surface area contributed by atoms with E-state index >= 15 is 0 Å². The maximum Gasteiger partial charge on any atom is 0.411 e. The largest absolute Gasteiger partial charge is 0.411 e. The van der Waals surface area contributed by atoms with Gasteiger partial charge in [0.05, 0.1) is 11.6 Å². The Labute approximate surface area is 114 Å². The molecule has 0 aliphatic carbocycles. The van der Waals surface area contributed by atoms with E-state index in [-0.39, 0.29) is 6.61 Å². The van der Waals surface area contributed by atoms with Crippen molar-refractivity contribution in [3.05, 3.63) is 36.0 Å². The highest BCUT2D eigenvalue weighted by molar-refractivity contribution is 5.81. The molecule has 1 heterocycles. The molecule has 0 atom stereocenters. The second-order valence-electron chi connectivity index (χ2n) is 4.42. The average Bonchev–Trinajstić information content (AvgIpc) is 2.79. The van der Waals surface area contributed by atoms with Crippen molar-refractivity contribution < 1.29 is 17.9 Å². The normalized spacial score (nSPS) is 11.7. The van der Waals surface area contributed by atoms with Crippen LogP contribution in [0.4, 0.5) is 13.2 Å². The summed E-state index contributed by atoms with van der Waals surface area (Å²) in [5, 5.41) is 9.75. The van der Waals surface area contributed by atoms with Gasteiger partial charge in [-0.05, 0) is 30.7 Å². The van der Waals surface area contributed by atoms with Crippen LogP contribution < -0.4 is 0 Å². The predicted molar refractivity (Wildman–Crippen MR) is 68.1 cm³/mol. The summed E-state index contributed by atoms with van der Waals surface area (Å²) in [6.07, 6.45) is -1.91. The third-order valence-corrected chi connectivity index (χ3v) is 2.85. The smallest absolute Gasteiger partial charge is 0.372 e. The molecule has 1 aromatic heterocycles. The molecule has 3 nitrogen and oxygen atoms in total. The first-order valence-electron chi connectivity index (χ1n) is 6.13. The summed E-state index contributed by atoms with van der Waals surface area (Å²) >= 11 is 0. The number of aromatic nitrogens is 1. The Kier molecular flexibility index (Phi) is 4.30. The number of nitriles is 1. The van der Waals surface area contributed by atoms with Crippen LogP contribution in [0.5, 0.6) is 0 Å². The summed E-state index contributed by atoms with van der Waals surface area (Å²) in [6.45, 7) is -0.562. The topological polar surface area (TPSA) is 38.0 Å². The Morgan fingerprint density at radius 3 is 2.75 bits per heavy atom. The van der Waals surface area contributed by atoms with Crippen LogP contribution >= 0.6 is 0 Å². The number of alkyl halides is 3. The van der Waals surface area contributed by atoms with E-state index in [9.17, 15) is 13.2 Å². The van der Waals surface area contributed by atoms with Gasteiger partial charge in [0.15, 0.2) is 0 Å². The number of benzene rings is 1. The minimum Gasteiger partial charge on any atom is -0.372 e. The van der Waals surface area contributed by atoms with Crippen LogP contribution in [0, 0.1) is 11.3 Å². The fourth-order valence-corrected chi connectivity index (χ4v) is 1.99. The molecule has 0 saturated heterocycles. The number of hydrogen-bond acceptors (Lipinski definition) is 2. The third-order valence-electron chi connectivity index (χ3n) is 2.85. The molecule has 0 N–H and O–H groups in total. The van der Waals surface area contributed by atoms with Gasteiger partial charge in [0.25, 0.3) is 0 Å². The van der Waals surface area contributed by atoms with Crippen LogP contribution in [0.2, 0.25) is 0 Å². The second kappa shape index (κ2) is 5.97. The molecular weight excluding hydrogens is 269 g/mol. The number of aryl methyl sites for hydroxylation is 1. The third kappa shape index (κ3) is 3.75. The van der Waals surface area contributed by atoms with Crippen LogP contribution in [-0.2, 0) is 11.3 Å². The first-order chi connectivity index (χ1) is 9.49. The van der Waals surface area contributed by atoms with Gasteiger partial charge in [-0.3, -0.25) is 0 Å².